The summed E-state index contributed by atoms with van der Waals surface area (Å²) in [7, 11) is 0. The van der Waals surface area contributed by atoms with Crippen molar-refractivity contribution in [1.82, 2.24) is 5.32 Å². The third-order valence-electron chi connectivity index (χ3n) is 3.71. The maximum absolute atomic E-state index is 13.5. The molecule has 1 aromatic carbocycles. The number of halogens is 2. The van der Waals surface area contributed by atoms with Gasteiger partial charge in [-0.05, 0) is 31.0 Å². The van der Waals surface area contributed by atoms with Gasteiger partial charge < -0.3 is 10.4 Å². The van der Waals surface area contributed by atoms with E-state index in [9.17, 15) is 13.9 Å². The molecule has 0 spiro atoms. The summed E-state index contributed by atoms with van der Waals surface area (Å²) in [6.07, 6.45) is 1.07. The molecule has 2 unspecified atom stereocenters. The molecule has 1 rings (SSSR count). The minimum absolute atomic E-state index is 0.00393. The van der Waals surface area contributed by atoms with Crippen LogP contribution in [0.3, 0.4) is 0 Å². The topological polar surface area (TPSA) is 32.3 Å². The van der Waals surface area contributed by atoms with Crippen LogP contribution in [0, 0.1) is 17.6 Å². The molecule has 19 heavy (non-hydrogen) atoms. The van der Waals surface area contributed by atoms with E-state index in [-0.39, 0.29) is 18.2 Å². The van der Waals surface area contributed by atoms with Gasteiger partial charge in [0.15, 0.2) is 0 Å². The molecule has 4 heteroatoms. The van der Waals surface area contributed by atoms with Gasteiger partial charge in [0, 0.05) is 18.2 Å². The first-order valence-electron chi connectivity index (χ1n) is 6.85. The molecule has 2 N–H and O–H groups in total. The Balaban J connectivity index is 2.60. The van der Waals surface area contributed by atoms with Gasteiger partial charge in [-0.3, -0.25) is 0 Å². The van der Waals surface area contributed by atoms with Crippen molar-refractivity contribution in [3.63, 3.8) is 0 Å². The van der Waals surface area contributed by atoms with Crippen LogP contribution in [-0.2, 0) is 0 Å². The summed E-state index contributed by atoms with van der Waals surface area (Å²) < 4.78 is 26.5. The van der Waals surface area contributed by atoms with E-state index < -0.39 is 17.7 Å². The second kappa shape index (κ2) is 7.56. The smallest absolute Gasteiger partial charge is 0.129 e. The summed E-state index contributed by atoms with van der Waals surface area (Å²) in [5.74, 6) is -0.598. The Morgan fingerprint density at radius 1 is 1.21 bits per heavy atom. The number of hydrogen-bond donors (Lipinski definition) is 2. The number of rotatable bonds is 7. The quantitative estimate of drug-likeness (QED) is 0.796. The third-order valence-corrected chi connectivity index (χ3v) is 3.71. The Labute approximate surface area is 113 Å². The van der Waals surface area contributed by atoms with Gasteiger partial charge in [0.2, 0.25) is 0 Å². The zero-order chi connectivity index (χ0) is 14.4. The highest BCUT2D eigenvalue weighted by atomic mass is 19.1. The molecule has 0 aliphatic heterocycles. The van der Waals surface area contributed by atoms with Crippen LogP contribution >= 0.6 is 0 Å². The van der Waals surface area contributed by atoms with E-state index in [1.165, 1.54) is 0 Å². The van der Waals surface area contributed by atoms with Crippen LogP contribution in [0.25, 0.3) is 0 Å². The fourth-order valence-corrected chi connectivity index (χ4v) is 2.34. The van der Waals surface area contributed by atoms with Crippen molar-refractivity contribution in [2.45, 2.75) is 45.8 Å². The van der Waals surface area contributed by atoms with Crippen molar-refractivity contribution >= 4 is 0 Å². The lowest BCUT2D eigenvalue weighted by molar-refractivity contribution is 0.160. The average molecular weight is 271 g/mol. The van der Waals surface area contributed by atoms with Crippen LogP contribution in [0.5, 0.6) is 0 Å². The van der Waals surface area contributed by atoms with Crippen LogP contribution in [-0.4, -0.2) is 17.7 Å². The van der Waals surface area contributed by atoms with Gasteiger partial charge in [0.05, 0.1) is 6.10 Å². The Morgan fingerprint density at radius 2 is 1.84 bits per heavy atom. The predicted octanol–water partition coefficient (Wildman–Crippen LogP) is 3.41. The monoisotopic (exact) mass is 271 g/mol. The highest BCUT2D eigenvalue weighted by molar-refractivity contribution is 5.21. The Hall–Kier alpha value is -1.00. The molecule has 0 aliphatic carbocycles. The fourth-order valence-electron chi connectivity index (χ4n) is 2.34. The lowest BCUT2D eigenvalue weighted by Gasteiger charge is -2.24. The molecular weight excluding hydrogens is 248 g/mol. The van der Waals surface area contributed by atoms with Gasteiger partial charge in [-0.1, -0.05) is 26.7 Å². The Kier molecular flexibility index (Phi) is 6.38. The van der Waals surface area contributed by atoms with Gasteiger partial charge in [-0.2, -0.15) is 0 Å². The van der Waals surface area contributed by atoms with E-state index in [1.54, 1.807) is 0 Å². The SMILES string of the molecule is CCC(CC)C(C)NCC(O)c1cc(F)ccc1F. The van der Waals surface area contributed by atoms with Crippen molar-refractivity contribution in [1.29, 1.82) is 0 Å². The summed E-state index contributed by atoms with van der Waals surface area (Å²) in [6, 6.07) is 3.37. The number of hydrogen-bond acceptors (Lipinski definition) is 2. The zero-order valence-electron chi connectivity index (χ0n) is 11.8. The molecule has 0 amide bonds. The van der Waals surface area contributed by atoms with E-state index in [0.717, 1.165) is 31.0 Å². The molecule has 0 bridgehead atoms. The Morgan fingerprint density at radius 3 is 2.42 bits per heavy atom. The molecule has 0 aliphatic rings. The molecule has 0 heterocycles. The molecule has 0 saturated carbocycles. The van der Waals surface area contributed by atoms with Gasteiger partial charge in [0.1, 0.15) is 11.6 Å². The molecule has 2 atom stereocenters. The largest absolute Gasteiger partial charge is 0.387 e. The van der Waals surface area contributed by atoms with Gasteiger partial charge in [-0.25, -0.2) is 8.78 Å². The molecule has 0 saturated heterocycles. The minimum atomic E-state index is -1.03. The highest BCUT2D eigenvalue weighted by Gasteiger charge is 2.17. The molecular formula is C15H23F2NO. The van der Waals surface area contributed by atoms with Gasteiger partial charge in [-0.15, -0.1) is 0 Å². The zero-order valence-corrected chi connectivity index (χ0v) is 11.8. The fraction of sp³-hybridized carbons (Fsp3) is 0.600. The summed E-state index contributed by atoms with van der Waals surface area (Å²) in [4.78, 5) is 0. The van der Waals surface area contributed by atoms with Crippen molar-refractivity contribution in [2.75, 3.05) is 6.54 Å². The minimum Gasteiger partial charge on any atom is -0.387 e. The number of nitrogens with one attached hydrogen (secondary N) is 1. The maximum atomic E-state index is 13.5. The van der Waals surface area contributed by atoms with Crippen molar-refractivity contribution in [2.24, 2.45) is 5.92 Å². The van der Waals surface area contributed by atoms with Crippen molar-refractivity contribution < 1.29 is 13.9 Å². The summed E-state index contributed by atoms with van der Waals surface area (Å²) in [5.41, 5.74) is 0.00393. The van der Waals surface area contributed by atoms with Crippen LogP contribution in [0.1, 0.15) is 45.3 Å². The van der Waals surface area contributed by atoms with E-state index in [1.807, 2.05) is 6.92 Å². The summed E-state index contributed by atoms with van der Waals surface area (Å²) in [5, 5.41) is 13.1. The number of aliphatic hydroxyl groups excluding tert-OH is 1. The lowest BCUT2D eigenvalue weighted by atomic mass is 9.95. The molecule has 0 radical (unpaired) electrons. The van der Waals surface area contributed by atoms with Crippen molar-refractivity contribution in [3.8, 4) is 0 Å². The maximum Gasteiger partial charge on any atom is 0.129 e. The number of benzene rings is 1. The first kappa shape index (κ1) is 16.1. The first-order valence-corrected chi connectivity index (χ1v) is 6.85. The average Bonchev–Trinajstić information content (AvgIpc) is 2.40. The van der Waals surface area contributed by atoms with Crippen LogP contribution in [0.15, 0.2) is 18.2 Å². The third kappa shape index (κ3) is 4.55. The first-order chi connectivity index (χ1) is 8.99. The Bertz CT molecular complexity index is 394. The molecule has 0 aromatic heterocycles. The number of aliphatic hydroxyl groups is 1. The van der Waals surface area contributed by atoms with Crippen molar-refractivity contribution in [3.05, 3.63) is 35.4 Å². The summed E-state index contributed by atoms with van der Waals surface area (Å²) >= 11 is 0. The van der Waals surface area contributed by atoms with Gasteiger partial charge in [0.25, 0.3) is 0 Å². The molecule has 0 fully saturated rings. The molecule has 108 valence electrons. The van der Waals surface area contributed by atoms with Gasteiger partial charge >= 0.3 is 0 Å². The van der Waals surface area contributed by atoms with E-state index in [4.69, 9.17) is 0 Å². The van der Waals surface area contributed by atoms with E-state index >= 15 is 0 Å². The highest BCUT2D eigenvalue weighted by Crippen LogP contribution is 2.19. The van der Waals surface area contributed by atoms with Crippen LogP contribution in [0.4, 0.5) is 8.78 Å². The second-order valence-corrected chi connectivity index (χ2v) is 4.96. The normalized spacial score (nSPS) is 14.7. The van der Waals surface area contributed by atoms with E-state index in [2.05, 4.69) is 19.2 Å². The molecule has 2 nitrogen and oxygen atoms in total. The summed E-state index contributed by atoms with van der Waals surface area (Å²) in [6.45, 7) is 6.51. The van der Waals surface area contributed by atoms with Crippen LogP contribution < -0.4 is 5.32 Å². The molecule has 1 aromatic rings. The second-order valence-electron chi connectivity index (χ2n) is 4.96. The predicted molar refractivity (Wildman–Crippen MR) is 72.9 cm³/mol. The van der Waals surface area contributed by atoms with E-state index in [0.29, 0.717) is 5.92 Å². The van der Waals surface area contributed by atoms with Crippen LogP contribution in [0.2, 0.25) is 0 Å². The standard InChI is InChI=1S/C15H23F2NO/c1-4-11(5-2)10(3)18-9-15(19)13-8-12(16)6-7-14(13)17/h6-8,10-11,15,18-19H,4-5,9H2,1-3H3. The lowest BCUT2D eigenvalue weighted by Crippen LogP contribution is -2.36.